The molecule has 2 aliphatic heterocycles. The maximum atomic E-state index is 9.18. The van der Waals surface area contributed by atoms with Crippen LogP contribution in [0.3, 0.4) is 0 Å². The largest absolute Gasteiger partial charge is 0.381 e. The van der Waals surface area contributed by atoms with Crippen molar-refractivity contribution in [2.75, 3.05) is 33.6 Å². The highest BCUT2D eigenvalue weighted by Crippen LogP contribution is 2.32. The molecule has 1 saturated heterocycles. The van der Waals surface area contributed by atoms with Crippen LogP contribution in [0.15, 0.2) is 36.0 Å². The summed E-state index contributed by atoms with van der Waals surface area (Å²) in [6.07, 6.45) is 6.35. The summed E-state index contributed by atoms with van der Waals surface area (Å²) in [5.41, 5.74) is 5.90. The molecule has 0 radical (unpaired) electrons. The lowest BCUT2D eigenvalue weighted by atomic mass is 9.99. The number of aliphatic hydroxyl groups excluding tert-OH is 1. The number of hydrogen-bond donors (Lipinski definition) is 1. The highest BCUT2D eigenvalue weighted by atomic mass is 16.6. The molecule has 0 amide bonds. The van der Waals surface area contributed by atoms with E-state index in [4.69, 9.17) is 14.5 Å². The van der Waals surface area contributed by atoms with Gasteiger partial charge in [-0.3, -0.25) is 0 Å². The number of aromatic nitrogens is 2. The number of likely N-dealkylation sites (N-methyl/N-ethyl adjacent to an activating group) is 1. The van der Waals surface area contributed by atoms with Crippen molar-refractivity contribution in [2.24, 2.45) is 0 Å². The summed E-state index contributed by atoms with van der Waals surface area (Å²) in [4.78, 5) is 7.23. The van der Waals surface area contributed by atoms with Crippen LogP contribution in [-0.2, 0) is 16.0 Å². The molecule has 2 aliphatic rings. The molecule has 29 heavy (non-hydrogen) atoms. The van der Waals surface area contributed by atoms with Crippen molar-refractivity contribution in [2.45, 2.75) is 45.3 Å². The van der Waals surface area contributed by atoms with E-state index in [1.807, 2.05) is 6.92 Å². The van der Waals surface area contributed by atoms with Crippen LogP contribution in [0.1, 0.15) is 44.0 Å². The molecule has 4 rings (SSSR count). The second kappa shape index (κ2) is 8.69. The lowest BCUT2D eigenvalue weighted by molar-refractivity contribution is -0.0480. The highest BCUT2D eigenvalue weighted by molar-refractivity contribution is 5.84. The zero-order chi connectivity index (χ0) is 20.4. The molecular weight excluding hydrogens is 366 g/mol. The van der Waals surface area contributed by atoms with Gasteiger partial charge in [0.1, 0.15) is 12.6 Å². The number of benzene rings is 1. The predicted molar refractivity (Wildman–Crippen MR) is 115 cm³/mol. The van der Waals surface area contributed by atoms with Crippen molar-refractivity contribution in [1.29, 1.82) is 0 Å². The van der Waals surface area contributed by atoms with Crippen LogP contribution in [0, 0.1) is 0 Å². The molecule has 1 aromatic carbocycles. The normalized spacial score (nSPS) is 19.4. The maximum Gasteiger partial charge on any atom is 0.143 e. The monoisotopic (exact) mass is 397 g/mol. The minimum absolute atomic E-state index is 0.0955. The number of imidazole rings is 1. The SMILES string of the molecule is CC1=CC(c2ccc3nc(C4CCOCC4)n(C[C@H](C)OCO)c3c2)=CN(C)C1. The van der Waals surface area contributed by atoms with Gasteiger partial charge < -0.3 is 24.0 Å². The Morgan fingerprint density at radius 1 is 1.31 bits per heavy atom. The van der Waals surface area contributed by atoms with Crippen LogP contribution in [0.5, 0.6) is 0 Å². The molecule has 1 fully saturated rings. The van der Waals surface area contributed by atoms with E-state index in [1.165, 1.54) is 16.7 Å². The smallest absolute Gasteiger partial charge is 0.143 e. The molecule has 156 valence electrons. The third-order valence-electron chi connectivity index (χ3n) is 5.76. The maximum absolute atomic E-state index is 9.18. The number of hydrogen-bond acceptors (Lipinski definition) is 5. The van der Waals surface area contributed by atoms with Crippen molar-refractivity contribution in [3.05, 3.63) is 47.4 Å². The van der Waals surface area contributed by atoms with Crippen LogP contribution in [0.25, 0.3) is 16.6 Å². The molecule has 1 aromatic heterocycles. The molecule has 3 heterocycles. The predicted octanol–water partition coefficient (Wildman–Crippen LogP) is 3.52. The van der Waals surface area contributed by atoms with Crippen molar-refractivity contribution >= 4 is 16.6 Å². The Kier molecular flexibility index (Phi) is 6.04. The van der Waals surface area contributed by atoms with Crippen LogP contribution in [0.2, 0.25) is 0 Å². The molecule has 1 atom stereocenters. The zero-order valence-corrected chi connectivity index (χ0v) is 17.6. The van der Waals surface area contributed by atoms with E-state index in [-0.39, 0.29) is 12.9 Å². The molecule has 6 nitrogen and oxygen atoms in total. The lowest BCUT2D eigenvalue weighted by Crippen LogP contribution is -2.22. The first-order valence-corrected chi connectivity index (χ1v) is 10.4. The van der Waals surface area contributed by atoms with E-state index >= 15 is 0 Å². The first-order valence-electron chi connectivity index (χ1n) is 10.4. The van der Waals surface area contributed by atoms with Gasteiger partial charge in [0, 0.05) is 38.9 Å². The van der Waals surface area contributed by atoms with E-state index in [0.717, 1.165) is 49.5 Å². The summed E-state index contributed by atoms with van der Waals surface area (Å²) < 4.78 is 13.3. The van der Waals surface area contributed by atoms with Crippen LogP contribution < -0.4 is 0 Å². The van der Waals surface area contributed by atoms with E-state index < -0.39 is 0 Å². The van der Waals surface area contributed by atoms with Crippen molar-refractivity contribution < 1.29 is 14.6 Å². The van der Waals surface area contributed by atoms with Gasteiger partial charge in [0.25, 0.3) is 0 Å². The Labute approximate surface area is 172 Å². The summed E-state index contributed by atoms with van der Waals surface area (Å²) >= 11 is 0. The van der Waals surface area contributed by atoms with Crippen molar-refractivity contribution in [3.63, 3.8) is 0 Å². The fraction of sp³-hybridized carbons (Fsp3) is 0.522. The van der Waals surface area contributed by atoms with E-state index in [9.17, 15) is 5.11 Å². The van der Waals surface area contributed by atoms with Crippen molar-refractivity contribution in [1.82, 2.24) is 14.5 Å². The second-order valence-corrected chi connectivity index (χ2v) is 8.27. The third-order valence-corrected chi connectivity index (χ3v) is 5.76. The second-order valence-electron chi connectivity index (χ2n) is 8.27. The number of aliphatic hydroxyl groups is 1. The Morgan fingerprint density at radius 2 is 2.10 bits per heavy atom. The fourth-order valence-corrected chi connectivity index (χ4v) is 4.40. The first-order chi connectivity index (χ1) is 14.0. The average molecular weight is 398 g/mol. The lowest BCUT2D eigenvalue weighted by Gasteiger charge is -2.24. The minimum atomic E-state index is -0.269. The Bertz CT molecular complexity index is 925. The summed E-state index contributed by atoms with van der Waals surface area (Å²) in [6, 6.07) is 6.53. The Balaban J connectivity index is 1.77. The number of ether oxygens (including phenoxy) is 2. The van der Waals surface area contributed by atoms with Gasteiger partial charge in [0.05, 0.1) is 23.7 Å². The summed E-state index contributed by atoms with van der Waals surface area (Å²) in [7, 11) is 2.11. The fourth-order valence-electron chi connectivity index (χ4n) is 4.40. The number of fused-ring (bicyclic) bond motifs is 1. The molecule has 2 aromatic rings. The minimum Gasteiger partial charge on any atom is -0.381 e. The van der Waals surface area contributed by atoms with Gasteiger partial charge in [-0.1, -0.05) is 17.7 Å². The van der Waals surface area contributed by atoms with Crippen LogP contribution >= 0.6 is 0 Å². The zero-order valence-electron chi connectivity index (χ0n) is 17.6. The van der Waals surface area contributed by atoms with Crippen LogP contribution in [-0.4, -0.2) is 59.3 Å². The molecule has 6 heteroatoms. The molecule has 0 aliphatic carbocycles. The quantitative estimate of drug-likeness (QED) is 0.756. The third kappa shape index (κ3) is 4.39. The van der Waals surface area contributed by atoms with Gasteiger partial charge in [-0.05, 0) is 50.0 Å². The molecule has 1 N–H and O–H groups in total. The number of rotatable bonds is 6. The van der Waals surface area contributed by atoms with Gasteiger partial charge in [0.2, 0.25) is 0 Å². The van der Waals surface area contributed by atoms with Gasteiger partial charge >= 0.3 is 0 Å². The summed E-state index contributed by atoms with van der Waals surface area (Å²) in [5.74, 6) is 1.50. The number of nitrogens with zero attached hydrogens (tertiary/aromatic N) is 3. The van der Waals surface area contributed by atoms with Gasteiger partial charge in [0.15, 0.2) is 0 Å². The van der Waals surface area contributed by atoms with E-state index in [2.05, 4.69) is 53.9 Å². The molecule has 0 spiro atoms. The molecule has 0 saturated carbocycles. The van der Waals surface area contributed by atoms with Crippen molar-refractivity contribution in [3.8, 4) is 0 Å². The summed E-state index contributed by atoms with van der Waals surface area (Å²) in [6.45, 7) is 7.09. The molecule has 0 bridgehead atoms. The summed E-state index contributed by atoms with van der Waals surface area (Å²) in [5, 5.41) is 9.18. The topological polar surface area (TPSA) is 59.8 Å². The van der Waals surface area contributed by atoms with Gasteiger partial charge in [-0.15, -0.1) is 0 Å². The average Bonchev–Trinajstić information content (AvgIpc) is 3.06. The van der Waals surface area contributed by atoms with E-state index in [0.29, 0.717) is 12.5 Å². The first kappa shape index (κ1) is 20.1. The Hall–Kier alpha value is -2.15. The standard InChI is InChI=1S/C23H31N3O3/c1-16-10-20(14-25(3)12-16)19-4-5-21-22(11-19)26(13-17(2)29-15-27)23(24-21)18-6-8-28-9-7-18/h4-5,10-11,14,17-18,27H,6-9,12-13,15H2,1-3H3/t17-/m0/s1. The highest BCUT2D eigenvalue weighted by Gasteiger charge is 2.24. The Morgan fingerprint density at radius 3 is 2.83 bits per heavy atom. The van der Waals surface area contributed by atoms with Gasteiger partial charge in [-0.25, -0.2) is 4.98 Å². The molecule has 0 unspecified atom stereocenters. The van der Waals surface area contributed by atoms with Crippen LogP contribution in [0.4, 0.5) is 0 Å². The van der Waals surface area contributed by atoms with Gasteiger partial charge in [-0.2, -0.15) is 0 Å². The van der Waals surface area contributed by atoms with E-state index in [1.54, 1.807) is 0 Å². The number of allylic oxidation sites excluding steroid dienone is 2. The molecular formula is C23H31N3O3.